The number of methoxy groups -OCH3 is 1. The molecule has 0 radical (unpaired) electrons. The van der Waals surface area contributed by atoms with Crippen LogP contribution in [0.25, 0.3) is 5.52 Å². The molecule has 3 aromatic rings. The molecule has 0 aliphatic rings. The molecule has 0 saturated carbocycles. The zero-order chi connectivity index (χ0) is 16.2. The van der Waals surface area contributed by atoms with Crippen molar-refractivity contribution in [1.29, 1.82) is 0 Å². The number of fused-ring (bicyclic) bond motifs is 1. The van der Waals surface area contributed by atoms with Crippen molar-refractivity contribution < 1.29 is 14.3 Å². The number of benzene rings is 1. The Kier molecular flexibility index (Phi) is 3.92. The van der Waals surface area contributed by atoms with Crippen molar-refractivity contribution in [1.82, 2.24) is 9.38 Å². The summed E-state index contributed by atoms with van der Waals surface area (Å²) in [6, 6.07) is 11.6. The Balaban J connectivity index is 1.75. The third-order valence-corrected chi connectivity index (χ3v) is 3.23. The van der Waals surface area contributed by atoms with Gasteiger partial charge in [-0.1, -0.05) is 12.1 Å². The molecule has 0 spiro atoms. The first-order valence-corrected chi connectivity index (χ1v) is 6.85. The number of nitrogens with zero attached hydrogens (tertiary/aromatic N) is 2. The number of carbonyl (C=O) groups excluding carboxylic acids is 2. The molecule has 0 aliphatic heterocycles. The minimum Gasteiger partial charge on any atom is -0.465 e. The minimum atomic E-state index is -0.461. The van der Waals surface area contributed by atoms with Gasteiger partial charge in [0.1, 0.15) is 12.1 Å². The molecule has 0 unspecified atom stereocenters. The predicted octanol–water partition coefficient (Wildman–Crippen LogP) is 2.76. The third-order valence-electron chi connectivity index (χ3n) is 3.23. The lowest BCUT2D eigenvalue weighted by Crippen LogP contribution is -2.21. The Labute approximate surface area is 131 Å². The van der Waals surface area contributed by atoms with Gasteiger partial charge in [0, 0.05) is 5.69 Å². The molecule has 0 saturated heterocycles. The van der Waals surface area contributed by atoms with Crippen molar-refractivity contribution in [2.75, 3.05) is 17.7 Å². The van der Waals surface area contributed by atoms with Gasteiger partial charge in [-0.2, -0.15) is 0 Å². The van der Waals surface area contributed by atoms with Gasteiger partial charge in [0.05, 0.1) is 24.4 Å². The lowest BCUT2D eigenvalue weighted by Gasteiger charge is -2.10. The second-order valence-corrected chi connectivity index (χ2v) is 4.75. The lowest BCUT2D eigenvalue weighted by atomic mass is 10.2. The van der Waals surface area contributed by atoms with Gasteiger partial charge >= 0.3 is 12.0 Å². The van der Waals surface area contributed by atoms with Gasteiger partial charge in [-0.05, 0) is 30.3 Å². The number of pyridine rings is 1. The maximum absolute atomic E-state index is 12.1. The van der Waals surface area contributed by atoms with Gasteiger partial charge < -0.3 is 10.1 Å². The molecule has 0 bridgehead atoms. The fraction of sp³-hybridized carbons (Fsp3) is 0.0625. The van der Waals surface area contributed by atoms with Crippen LogP contribution in [0.15, 0.2) is 55.0 Å². The monoisotopic (exact) mass is 310 g/mol. The van der Waals surface area contributed by atoms with E-state index in [0.717, 1.165) is 5.52 Å². The standard InChI is InChI=1S/C16H14N4O3/c1-23-15(21)11-4-2-5-12(8-11)18-16(22)19-14-7-3-6-13-9-17-10-20(13)14/h2-10H,1H3,(H2,18,19,22). The summed E-state index contributed by atoms with van der Waals surface area (Å²) in [7, 11) is 1.31. The summed E-state index contributed by atoms with van der Waals surface area (Å²) in [4.78, 5) is 27.7. The summed E-state index contributed by atoms with van der Waals surface area (Å²) in [5.74, 6) is 0.124. The zero-order valence-corrected chi connectivity index (χ0v) is 12.3. The van der Waals surface area contributed by atoms with Gasteiger partial charge in [0.25, 0.3) is 0 Å². The number of carbonyl (C=O) groups is 2. The van der Waals surface area contributed by atoms with E-state index < -0.39 is 12.0 Å². The van der Waals surface area contributed by atoms with Crippen LogP contribution in [0.1, 0.15) is 10.4 Å². The normalized spacial score (nSPS) is 10.3. The van der Waals surface area contributed by atoms with Crippen LogP contribution >= 0.6 is 0 Å². The predicted molar refractivity (Wildman–Crippen MR) is 85.6 cm³/mol. The number of amides is 2. The number of aromatic nitrogens is 2. The molecule has 7 heteroatoms. The van der Waals surface area contributed by atoms with E-state index in [4.69, 9.17) is 0 Å². The van der Waals surface area contributed by atoms with Gasteiger partial charge in [0.2, 0.25) is 0 Å². The summed E-state index contributed by atoms with van der Waals surface area (Å²) in [5, 5.41) is 5.41. The molecule has 0 aliphatic carbocycles. The summed E-state index contributed by atoms with van der Waals surface area (Å²) < 4.78 is 6.41. The summed E-state index contributed by atoms with van der Waals surface area (Å²) in [6.45, 7) is 0. The Bertz CT molecular complexity index is 872. The van der Waals surface area contributed by atoms with Crippen LogP contribution in [0.5, 0.6) is 0 Å². The molecule has 0 fully saturated rings. The number of imidazole rings is 1. The van der Waals surface area contributed by atoms with Crippen LogP contribution in [-0.4, -0.2) is 28.5 Å². The topological polar surface area (TPSA) is 84.7 Å². The van der Waals surface area contributed by atoms with Crippen LogP contribution in [0.4, 0.5) is 16.3 Å². The van der Waals surface area contributed by atoms with Crippen molar-refractivity contribution in [2.24, 2.45) is 0 Å². The first-order valence-electron chi connectivity index (χ1n) is 6.85. The molecule has 23 heavy (non-hydrogen) atoms. The number of hydrogen-bond acceptors (Lipinski definition) is 4. The van der Waals surface area contributed by atoms with Crippen molar-refractivity contribution >= 4 is 29.0 Å². The molecule has 2 aromatic heterocycles. The highest BCUT2D eigenvalue weighted by atomic mass is 16.5. The summed E-state index contributed by atoms with van der Waals surface area (Å²) in [5.41, 5.74) is 1.72. The van der Waals surface area contributed by atoms with Crippen LogP contribution in [0.2, 0.25) is 0 Å². The van der Waals surface area contributed by atoms with E-state index in [1.165, 1.54) is 7.11 Å². The Morgan fingerprint density at radius 3 is 2.78 bits per heavy atom. The second-order valence-electron chi connectivity index (χ2n) is 4.75. The lowest BCUT2D eigenvalue weighted by molar-refractivity contribution is 0.0600. The SMILES string of the molecule is COC(=O)c1cccc(NC(=O)Nc2cccc3cncn23)c1. The van der Waals surface area contributed by atoms with Gasteiger partial charge in [-0.15, -0.1) is 0 Å². The number of hydrogen-bond donors (Lipinski definition) is 2. The maximum atomic E-state index is 12.1. The van der Waals surface area contributed by atoms with Crippen LogP contribution < -0.4 is 10.6 Å². The molecule has 7 nitrogen and oxygen atoms in total. The molecule has 3 rings (SSSR count). The quantitative estimate of drug-likeness (QED) is 0.728. The Morgan fingerprint density at radius 2 is 1.96 bits per heavy atom. The fourth-order valence-corrected chi connectivity index (χ4v) is 2.17. The average Bonchev–Trinajstić information content (AvgIpc) is 3.04. The van der Waals surface area contributed by atoms with Gasteiger partial charge in [-0.3, -0.25) is 9.72 Å². The number of ether oxygens (including phenoxy) is 1. The maximum Gasteiger partial charge on any atom is 0.337 e. The molecule has 116 valence electrons. The first kappa shape index (κ1) is 14.6. The van der Waals surface area contributed by atoms with E-state index in [2.05, 4.69) is 20.4 Å². The first-order chi connectivity index (χ1) is 11.2. The van der Waals surface area contributed by atoms with Crippen molar-refractivity contribution in [3.63, 3.8) is 0 Å². The van der Waals surface area contributed by atoms with Crippen molar-refractivity contribution in [3.8, 4) is 0 Å². The van der Waals surface area contributed by atoms with Crippen molar-refractivity contribution in [3.05, 3.63) is 60.6 Å². The second kappa shape index (κ2) is 6.18. The number of urea groups is 1. The largest absolute Gasteiger partial charge is 0.465 e. The van der Waals surface area contributed by atoms with E-state index in [-0.39, 0.29) is 0 Å². The number of rotatable bonds is 3. The third kappa shape index (κ3) is 3.13. The highest BCUT2D eigenvalue weighted by Gasteiger charge is 2.09. The molecular formula is C16H14N4O3. The van der Waals surface area contributed by atoms with E-state index in [9.17, 15) is 9.59 Å². The molecule has 0 atom stereocenters. The Morgan fingerprint density at radius 1 is 1.13 bits per heavy atom. The smallest absolute Gasteiger partial charge is 0.337 e. The number of esters is 1. The van der Waals surface area contributed by atoms with E-state index in [1.54, 1.807) is 47.3 Å². The molecule has 1 aromatic carbocycles. The Hall–Kier alpha value is -3.35. The van der Waals surface area contributed by atoms with Gasteiger partial charge in [-0.25, -0.2) is 14.6 Å². The molecule has 2 amide bonds. The zero-order valence-electron chi connectivity index (χ0n) is 12.3. The highest BCUT2D eigenvalue weighted by molar-refractivity contribution is 6.00. The van der Waals surface area contributed by atoms with Gasteiger partial charge in [0.15, 0.2) is 0 Å². The van der Waals surface area contributed by atoms with E-state index in [0.29, 0.717) is 17.1 Å². The molecule has 2 heterocycles. The van der Waals surface area contributed by atoms with Crippen molar-refractivity contribution in [2.45, 2.75) is 0 Å². The molecular weight excluding hydrogens is 296 g/mol. The fourth-order valence-electron chi connectivity index (χ4n) is 2.17. The van der Waals surface area contributed by atoms with E-state index >= 15 is 0 Å². The van der Waals surface area contributed by atoms with Crippen LogP contribution in [-0.2, 0) is 4.74 Å². The highest BCUT2D eigenvalue weighted by Crippen LogP contribution is 2.14. The average molecular weight is 310 g/mol. The van der Waals surface area contributed by atoms with Crippen LogP contribution in [0.3, 0.4) is 0 Å². The van der Waals surface area contributed by atoms with E-state index in [1.807, 2.05) is 12.1 Å². The minimum absolute atomic E-state index is 0.363. The van der Waals surface area contributed by atoms with Crippen LogP contribution in [0, 0.1) is 0 Å². The molecule has 2 N–H and O–H groups in total. The number of anilines is 2. The number of nitrogens with one attached hydrogen (secondary N) is 2. The summed E-state index contributed by atoms with van der Waals surface area (Å²) >= 11 is 0. The summed E-state index contributed by atoms with van der Waals surface area (Å²) in [6.07, 6.45) is 3.31.